The summed E-state index contributed by atoms with van der Waals surface area (Å²) >= 11 is 0. The number of aromatic nitrogens is 3. The Morgan fingerprint density at radius 3 is 2.63 bits per heavy atom. The second-order valence-corrected chi connectivity index (χ2v) is 5.56. The first-order valence-electron chi connectivity index (χ1n) is 5.53. The molecule has 0 radical (unpaired) electrons. The molecular formula is C12H10N4O2S. The number of H-pyrrole nitrogens is 1. The highest BCUT2D eigenvalue weighted by Gasteiger charge is 2.16. The normalized spacial score (nSPS) is 11.6. The van der Waals surface area contributed by atoms with Crippen molar-refractivity contribution in [2.24, 2.45) is 0 Å². The molecule has 19 heavy (non-hydrogen) atoms. The predicted molar refractivity (Wildman–Crippen MR) is 71.1 cm³/mol. The first-order chi connectivity index (χ1) is 9.17. The van der Waals surface area contributed by atoms with Crippen molar-refractivity contribution in [2.75, 3.05) is 4.72 Å². The molecule has 3 aromatic rings. The SMILES string of the molecule is O=S(=O)(Nc1ncnc2cc[nH]c12)c1ccccc1. The molecule has 0 saturated carbocycles. The quantitative estimate of drug-likeness (QED) is 0.761. The van der Waals surface area contributed by atoms with Crippen LogP contribution in [0, 0.1) is 0 Å². The number of hydrogen-bond acceptors (Lipinski definition) is 4. The summed E-state index contributed by atoms with van der Waals surface area (Å²) in [6, 6.07) is 9.88. The molecule has 3 rings (SSSR count). The Hall–Kier alpha value is -2.41. The number of anilines is 1. The minimum absolute atomic E-state index is 0.188. The summed E-state index contributed by atoms with van der Waals surface area (Å²) in [5, 5.41) is 0. The van der Waals surface area contributed by atoms with Gasteiger partial charge < -0.3 is 4.98 Å². The number of fused-ring (bicyclic) bond motifs is 1. The maximum atomic E-state index is 12.2. The summed E-state index contributed by atoms with van der Waals surface area (Å²) in [7, 11) is -3.64. The van der Waals surface area contributed by atoms with E-state index >= 15 is 0 Å². The van der Waals surface area contributed by atoms with Crippen molar-refractivity contribution in [1.82, 2.24) is 15.0 Å². The van der Waals surface area contributed by atoms with Gasteiger partial charge in [0.2, 0.25) is 0 Å². The van der Waals surface area contributed by atoms with E-state index in [0.717, 1.165) is 0 Å². The van der Waals surface area contributed by atoms with Gasteiger partial charge in [0.15, 0.2) is 5.82 Å². The van der Waals surface area contributed by atoms with Crippen molar-refractivity contribution in [3.05, 3.63) is 48.9 Å². The Balaban J connectivity index is 2.04. The summed E-state index contributed by atoms with van der Waals surface area (Å²) in [5.74, 6) is 0.235. The molecule has 0 spiro atoms. The van der Waals surface area contributed by atoms with Crippen molar-refractivity contribution in [3.63, 3.8) is 0 Å². The Morgan fingerprint density at radius 2 is 1.84 bits per heavy atom. The third-order valence-corrected chi connectivity index (χ3v) is 3.98. The minimum Gasteiger partial charge on any atom is -0.357 e. The molecule has 1 aromatic carbocycles. The number of sulfonamides is 1. The molecular weight excluding hydrogens is 264 g/mol. The molecule has 2 aromatic heterocycles. The van der Waals surface area contributed by atoms with Gasteiger partial charge in [-0.25, -0.2) is 18.4 Å². The second kappa shape index (κ2) is 4.36. The molecule has 0 aliphatic carbocycles. The molecule has 0 atom stereocenters. The number of hydrogen-bond donors (Lipinski definition) is 2. The number of rotatable bonds is 3. The maximum absolute atomic E-state index is 12.2. The molecule has 2 N–H and O–H groups in total. The summed E-state index contributed by atoms with van der Waals surface area (Å²) in [4.78, 5) is 11.1. The lowest BCUT2D eigenvalue weighted by Crippen LogP contribution is -2.14. The van der Waals surface area contributed by atoms with E-state index in [1.54, 1.807) is 30.5 Å². The predicted octanol–water partition coefficient (Wildman–Crippen LogP) is 1.76. The lowest BCUT2D eigenvalue weighted by Gasteiger charge is -2.07. The second-order valence-electron chi connectivity index (χ2n) is 3.88. The third-order valence-electron chi connectivity index (χ3n) is 2.63. The molecule has 7 heteroatoms. The van der Waals surface area contributed by atoms with E-state index in [-0.39, 0.29) is 10.7 Å². The van der Waals surface area contributed by atoms with Gasteiger partial charge in [-0.1, -0.05) is 18.2 Å². The van der Waals surface area contributed by atoms with E-state index in [1.807, 2.05) is 0 Å². The molecule has 0 fully saturated rings. The molecule has 6 nitrogen and oxygen atoms in total. The monoisotopic (exact) mass is 274 g/mol. The van der Waals surface area contributed by atoms with Crippen LogP contribution >= 0.6 is 0 Å². The van der Waals surface area contributed by atoms with E-state index in [0.29, 0.717) is 11.0 Å². The lowest BCUT2D eigenvalue weighted by molar-refractivity contribution is 0.601. The van der Waals surface area contributed by atoms with E-state index in [9.17, 15) is 8.42 Å². The van der Waals surface area contributed by atoms with Crippen LogP contribution in [0.25, 0.3) is 11.0 Å². The number of nitrogens with zero attached hydrogens (tertiary/aromatic N) is 2. The number of benzene rings is 1. The fourth-order valence-corrected chi connectivity index (χ4v) is 2.78. The zero-order valence-electron chi connectivity index (χ0n) is 9.74. The van der Waals surface area contributed by atoms with Crippen LogP contribution in [0.3, 0.4) is 0 Å². The van der Waals surface area contributed by atoms with Crippen molar-refractivity contribution in [1.29, 1.82) is 0 Å². The molecule has 0 aliphatic heterocycles. The van der Waals surface area contributed by atoms with E-state index in [1.165, 1.54) is 18.5 Å². The maximum Gasteiger partial charge on any atom is 0.263 e. The molecule has 0 unspecified atom stereocenters. The van der Waals surface area contributed by atoms with Gasteiger partial charge in [-0.05, 0) is 18.2 Å². The van der Waals surface area contributed by atoms with Crippen molar-refractivity contribution >= 4 is 26.9 Å². The average molecular weight is 274 g/mol. The van der Waals surface area contributed by atoms with Crippen molar-refractivity contribution in [2.45, 2.75) is 4.90 Å². The standard InChI is InChI=1S/C12H10N4O2S/c17-19(18,9-4-2-1-3-5-9)16-12-11-10(6-7-13-11)14-8-15-12/h1-8,13H,(H,14,15,16). The number of aromatic amines is 1. The van der Waals surface area contributed by atoms with Gasteiger partial charge >= 0.3 is 0 Å². The molecule has 0 amide bonds. The first kappa shape index (κ1) is 11.7. The van der Waals surface area contributed by atoms with Gasteiger partial charge in [0.05, 0.1) is 10.4 Å². The van der Waals surface area contributed by atoms with Gasteiger partial charge in [-0.2, -0.15) is 0 Å². The molecule has 0 bridgehead atoms. The molecule has 2 heterocycles. The van der Waals surface area contributed by atoms with Crippen LogP contribution in [0.4, 0.5) is 5.82 Å². The van der Waals surface area contributed by atoms with Crippen LogP contribution in [-0.2, 0) is 10.0 Å². The molecule has 0 aliphatic rings. The van der Waals surface area contributed by atoms with Crippen molar-refractivity contribution in [3.8, 4) is 0 Å². The minimum atomic E-state index is -3.64. The Kier molecular flexibility index (Phi) is 2.68. The van der Waals surface area contributed by atoms with E-state index in [4.69, 9.17) is 0 Å². The smallest absolute Gasteiger partial charge is 0.263 e. The van der Waals surface area contributed by atoms with Crippen LogP contribution < -0.4 is 4.72 Å². The third kappa shape index (κ3) is 2.15. The van der Waals surface area contributed by atoms with Crippen LogP contribution in [0.5, 0.6) is 0 Å². The largest absolute Gasteiger partial charge is 0.357 e. The summed E-state index contributed by atoms with van der Waals surface area (Å²) < 4.78 is 26.8. The Labute approximate surface area is 109 Å². The van der Waals surface area contributed by atoms with Gasteiger partial charge in [0.25, 0.3) is 10.0 Å². The fraction of sp³-hybridized carbons (Fsp3) is 0. The first-order valence-corrected chi connectivity index (χ1v) is 7.01. The Bertz CT molecular complexity index is 812. The molecule has 0 saturated heterocycles. The zero-order valence-corrected chi connectivity index (χ0v) is 10.6. The fourth-order valence-electron chi connectivity index (χ4n) is 1.74. The van der Waals surface area contributed by atoms with Gasteiger partial charge in [-0.3, -0.25) is 4.72 Å². The summed E-state index contributed by atoms with van der Waals surface area (Å²) in [5.41, 5.74) is 1.21. The number of nitrogens with one attached hydrogen (secondary N) is 2. The Morgan fingerprint density at radius 1 is 1.05 bits per heavy atom. The highest BCUT2D eigenvalue weighted by atomic mass is 32.2. The van der Waals surface area contributed by atoms with Crippen molar-refractivity contribution < 1.29 is 8.42 Å². The van der Waals surface area contributed by atoms with Gasteiger partial charge in [0, 0.05) is 6.20 Å². The van der Waals surface area contributed by atoms with Crippen LogP contribution in [0.1, 0.15) is 0 Å². The van der Waals surface area contributed by atoms with Crippen LogP contribution in [0.2, 0.25) is 0 Å². The molecule has 96 valence electrons. The summed E-state index contributed by atoms with van der Waals surface area (Å²) in [6.45, 7) is 0. The lowest BCUT2D eigenvalue weighted by atomic mass is 10.4. The zero-order chi connectivity index (χ0) is 13.3. The van der Waals surface area contributed by atoms with Gasteiger partial charge in [0.1, 0.15) is 11.8 Å². The van der Waals surface area contributed by atoms with Gasteiger partial charge in [-0.15, -0.1) is 0 Å². The van der Waals surface area contributed by atoms with Crippen LogP contribution in [-0.4, -0.2) is 23.4 Å². The summed E-state index contributed by atoms with van der Waals surface area (Å²) in [6.07, 6.45) is 3.00. The van der Waals surface area contributed by atoms with E-state index < -0.39 is 10.0 Å². The van der Waals surface area contributed by atoms with E-state index in [2.05, 4.69) is 19.7 Å². The highest BCUT2D eigenvalue weighted by molar-refractivity contribution is 7.92. The average Bonchev–Trinajstić information content (AvgIpc) is 2.89. The highest BCUT2D eigenvalue weighted by Crippen LogP contribution is 2.20. The van der Waals surface area contributed by atoms with Crippen LogP contribution in [0.15, 0.2) is 53.8 Å². The topological polar surface area (TPSA) is 87.7 Å².